The lowest BCUT2D eigenvalue weighted by atomic mass is 9.92. The highest BCUT2D eigenvalue weighted by Crippen LogP contribution is 2.34. The Morgan fingerprint density at radius 3 is 2.12 bits per heavy atom. The zero-order valence-corrected chi connectivity index (χ0v) is 13.1. The van der Waals surface area contributed by atoms with Crippen molar-refractivity contribution < 1.29 is 14.5 Å². The number of carbonyl (C=O) groups is 1. The van der Waals surface area contributed by atoms with Crippen molar-refractivity contribution in [3.8, 4) is 0 Å². The maximum atomic E-state index is 12.4. The highest BCUT2D eigenvalue weighted by Gasteiger charge is 2.22. The van der Waals surface area contributed by atoms with Crippen LogP contribution in [0.1, 0.15) is 12.5 Å². The number of ether oxygens (including phenoxy) is 1. The molecule has 0 heterocycles. The predicted molar refractivity (Wildman–Crippen MR) is 93.1 cm³/mol. The van der Waals surface area contributed by atoms with Gasteiger partial charge >= 0.3 is 5.97 Å². The van der Waals surface area contributed by atoms with Gasteiger partial charge in [-0.25, -0.2) is 4.79 Å². The summed E-state index contributed by atoms with van der Waals surface area (Å²) in [7, 11) is 0. The molecule has 0 saturated heterocycles. The van der Waals surface area contributed by atoms with Gasteiger partial charge in [0.25, 0.3) is 0 Å². The second-order valence-electron chi connectivity index (χ2n) is 5.24. The lowest BCUT2D eigenvalue weighted by Crippen LogP contribution is -2.09. The van der Waals surface area contributed by atoms with Crippen LogP contribution in [-0.2, 0) is 9.53 Å². The molecule has 0 aliphatic carbocycles. The van der Waals surface area contributed by atoms with E-state index in [-0.39, 0.29) is 12.2 Å². The Labute approximate surface area is 138 Å². The number of hydrogen-bond acceptors (Lipinski definition) is 4. The molecular weight excluding hydrogens is 306 g/mol. The van der Waals surface area contributed by atoms with Crippen molar-refractivity contribution in [2.75, 3.05) is 6.61 Å². The number of carbonyl (C=O) groups excluding carboxylic acids is 1. The number of fused-ring (bicyclic) bond motifs is 2. The van der Waals surface area contributed by atoms with Crippen molar-refractivity contribution in [2.24, 2.45) is 0 Å². The second-order valence-corrected chi connectivity index (χ2v) is 5.24. The number of nitro groups is 1. The highest BCUT2D eigenvalue weighted by molar-refractivity contribution is 6.25. The van der Waals surface area contributed by atoms with Gasteiger partial charge in [0.2, 0.25) is 6.20 Å². The summed E-state index contributed by atoms with van der Waals surface area (Å²) >= 11 is 0. The molecule has 120 valence electrons. The van der Waals surface area contributed by atoms with Crippen LogP contribution in [0.25, 0.3) is 27.1 Å². The number of nitrogens with zero attached hydrogens (tertiary/aromatic N) is 1. The van der Waals surface area contributed by atoms with E-state index in [2.05, 4.69) is 0 Å². The summed E-state index contributed by atoms with van der Waals surface area (Å²) in [4.78, 5) is 22.8. The van der Waals surface area contributed by atoms with Gasteiger partial charge in [0.05, 0.1) is 11.5 Å². The van der Waals surface area contributed by atoms with Crippen molar-refractivity contribution in [2.45, 2.75) is 6.92 Å². The minimum absolute atomic E-state index is 0.0464. The smallest absolute Gasteiger partial charge is 0.345 e. The highest BCUT2D eigenvalue weighted by atomic mass is 16.6. The molecule has 3 aromatic rings. The van der Waals surface area contributed by atoms with E-state index in [0.29, 0.717) is 5.56 Å². The third-order valence-electron chi connectivity index (χ3n) is 3.77. The average Bonchev–Trinajstić information content (AvgIpc) is 2.58. The number of benzene rings is 3. The van der Waals surface area contributed by atoms with Crippen LogP contribution in [0.5, 0.6) is 0 Å². The minimum atomic E-state index is -0.698. The summed E-state index contributed by atoms with van der Waals surface area (Å²) in [6.45, 7) is 1.82. The van der Waals surface area contributed by atoms with Crippen molar-refractivity contribution >= 4 is 33.1 Å². The van der Waals surface area contributed by atoms with Crippen LogP contribution in [-0.4, -0.2) is 17.5 Å². The van der Waals surface area contributed by atoms with Crippen LogP contribution < -0.4 is 0 Å². The van der Waals surface area contributed by atoms with Crippen LogP contribution >= 0.6 is 0 Å². The first kappa shape index (κ1) is 15.7. The zero-order valence-electron chi connectivity index (χ0n) is 13.1. The molecule has 0 radical (unpaired) electrons. The molecule has 5 nitrogen and oxygen atoms in total. The predicted octanol–water partition coefficient (Wildman–Crippen LogP) is 4.17. The number of hydrogen-bond donors (Lipinski definition) is 0. The van der Waals surface area contributed by atoms with Crippen molar-refractivity contribution in [3.05, 3.63) is 76.5 Å². The Morgan fingerprint density at radius 1 is 1.08 bits per heavy atom. The van der Waals surface area contributed by atoms with Gasteiger partial charge in [-0.3, -0.25) is 10.1 Å². The molecule has 0 fully saturated rings. The number of esters is 1. The average molecular weight is 321 g/mol. The standard InChI is InChI=1S/C19H15NO4/c1-2-24-19(21)17(12-20(22)23)18-15-9-5-3-7-13(15)11-14-8-4-6-10-16(14)18/h3-12H,2H2,1H3. The molecule has 0 atom stereocenters. The molecule has 3 rings (SSSR count). The summed E-state index contributed by atoms with van der Waals surface area (Å²) in [6, 6.07) is 17.0. The molecule has 0 amide bonds. The largest absolute Gasteiger partial charge is 0.462 e. The van der Waals surface area contributed by atoms with E-state index in [1.165, 1.54) is 0 Å². The minimum Gasteiger partial charge on any atom is -0.462 e. The third-order valence-corrected chi connectivity index (χ3v) is 3.77. The molecule has 0 aliphatic heterocycles. The summed E-state index contributed by atoms with van der Waals surface area (Å²) in [5.41, 5.74) is 0.480. The van der Waals surface area contributed by atoms with Gasteiger partial charge in [-0.1, -0.05) is 48.5 Å². The van der Waals surface area contributed by atoms with E-state index in [4.69, 9.17) is 4.74 Å². The Hall–Kier alpha value is -3.21. The van der Waals surface area contributed by atoms with Crippen LogP contribution in [0.4, 0.5) is 0 Å². The zero-order chi connectivity index (χ0) is 17.1. The van der Waals surface area contributed by atoms with Gasteiger partial charge in [-0.15, -0.1) is 0 Å². The molecule has 0 unspecified atom stereocenters. The fourth-order valence-electron chi connectivity index (χ4n) is 2.84. The molecule has 0 N–H and O–H groups in total. The van der Waals surface area contributed by atoms with Gasteiger partial charge in [0.1, 0.15) is 5.57 Å². The van der Waals surface area contributed by atoms with Crippen molar-refractivity contribution in [1.29, 1.82) is 0 Å². The van der Waals surface area contributed by atoms with Gasteiger partial charge in [0, 0.05) is 5.56 Å². The quantitative estimate of drug-likeness (QED) is 0.238. The van der Waals surface area contributed by atoms with E-state index < -0.39 is 10.9 Å². The summed E-state index contributed by atoms with van der Waals surface area (Å²) in [5.74, 6) is -0.698. The van der Waals surface area contributed by atoms with Crippen molar-refractivity contribution in [3.63, 3.8) is 0 Å². The molecule has 0 bridgehead atoms. The SMILES string of the molecule is CCOC(=O)C(=C[N+](=O)[O-])c1c2ccccc2cc2ccccc12. The van der Waals surface area contributed by atoms with Gasteiger partial charge in [-0.2, -0.15) is 0 Å². The van der Waals surface area contributed by atoms with Gasteiger partial charge < -0.3 is 4.74 Å². The monoisotopic (exact) mass is 321 g/mol. The summed E-state index contributed by atoms with van der Waals surface area (Å²) in [6.07, 6.45) is 0.728. The molecule has 0 aliphatic rings. The molecular formula is C19H15NO4. The Kier molecular flexibility index (Phi) is 4.24. The van der Waals surface area contributed by atoms with Crippen LogP contribution in [0, 0.1) is 10.1 Å². The maximum absolute atomic E-state index is 12.4. The summed E-state index contributed by atoms with van der Waals surface area (Å²) < 4.78 is 5.05. The Morgan fingerprint density at radius 2 is 1.62 bits per heavy atom. The molecule has 0 aromatic heterocycles. The second kappa shape index (κ2) is 6.50. The van der Waals surface area contributed by atoms with E-state index in [1.54, 1.807) is 6.92 Å². The molecule has 0 spiro atoms. The van der Waals surface area contributed by atoms with E-state index in [0.717, 1.165) is 27.7 Å². The molecule has 0 saturated carbocycles. The van der Waals surface area contributed by atoms with Crippen LogP contribution in [0.3, 0.4) is 0 Å². The third kappa shape index (κ3) is 2.84. The van der Waals surface area contributed by atoms with E-state index in [9.17, 15) is 14.9 Å². The topological polar surface area (TPSA) is 69.4 Å². The van der Waals surface area contributed by atoms with Crippen molar-refractivity contribution in [1.82, 2.24) is 0 Å². The first-order valence-corrected chi connectivity index (χ1v) is 7.55. The maximum Gasteiger partial charge on any atom is 0.345 e. The molecule has 3 aromatic carbocycles. The van der Waals surface area contributed by atoms with Crippen LogP contribution in [0.15, 0.2) is 60.8 Å². The van der Waals surface area contributed by atoms with E-state index >= 15 is 0 Å². The van der Waals surface area contributed by atoms with Gasteiger partial charge in [0.15, 0.2) is 0 Å². The fraction of sp³-hybridized carbons (Fsp3) is 0.105. The summed E-state index contributed by atoms with van der Waals surface area (Å²) in [5, 5.41) is 14.5. The first-order valence-electron chi connectivity index (χ1n) is 7.55. The fourth-order valence-corrected chi connectivity index (χ4v) is 2.84. The van der Waals surface area contributed by atoms with E-state index in [1.807, 2.05) is 54.6 Å². The normalized spacial score (nSPS) is 11.6. The van der Waals surface area contributed by atoms with Crippen LogP contribution in [0.2, 0.25) is 0 Å². The lowest BCUT2D eigenvalue weighted by molar-refractivity contribution is -0.401. The van der Waals surface area contributed by atoms with Gasteiger partial charge in [-0.05, 0) is 34.5 Å². The molecule has 5 heteroatoms. The molecule has 24 heavy (non-hydrogen) atoms. The Balaban J connectivity index is 2.43. The number of rotatable bonds is 4. The lowest BCUT2D eigenvalue weighted by Gasteiger charge is -2.12. The first-order chi connectivity index (χ1) is 11.6. The Bertz CT molecular complexity index is 921.